The van der Waals surface area contributed by atoms with Gasteiger partial charge < -0.3 is 14.4 Å². The maximum Gasteiger partial charge on any atom is 0.435 e. The molecule has 1 aromatic heterocycles. The van der Waals surface area contributed by atoms with Gasteiger partial charge >= 0.3 is 18.2 Å². The first-order valence-electron chi connectivity index (χ1n) is 9.25. The molecule has 0 saturated carbocycles. The molecule has 0 bridgehead atoms. The second-order valence-corrected chi connectivity index (χ2v) is 7.88. The summed E-state index contributed by atoms with van der Waals surface area (Å²) in [6.45, 7) is 4.98. The van der Waals surface area contributed by atoms with Gasteiger partial charge in [0.1, 0.15) is 5.60 Å². The number of halogens is 3. The van der Waals surface area contributed by atoms with E-state index in [9.17, 15) is 22.8 Å². The van der Waals surface area contributed by atoms with Gasteiger partial charge in [0.15, 0.2) is 5.69 Å². The average molecular weight is 425 g/mol. The Labute approximate surface area is 171 Å². The number of aromatic nitrogens is 2. The lowest BCUT2D eigenvalue weighted by atomic mass is 10.0. The molecule has 1 aliphatic heterocycles. The van der Waals surface area contributed by atoms with E-state index in [1.165, 1.54) is 28.8 Å². The van der Waals surface area contributed by atoms with Gasteiger partial charge in [-0.15, -0.1) is 0 Å². The van der Waals surface area contributed by atoms with E-state index in [-0.39, 0.29) is 30.6 Å². The summed E-state index contributed by atoms with van der Waals surface area (Å²) < 4.78 is 52.2. The maximum absolute atomic E-state index is 13.7. The van der Waals surface area contributed by atoms with Crippen LogP contribution in [0.4, 0.5) is 18.0 Å². The SMILES string of the molecule is COC(=O)c1cccc(-n2nc(C(F)(F)F)c3c2CCN(C(=O)OC(C)(C)C)C3)c1. The topological polar surface area (TPSA) is 73.7 Å². The summed E-state index contributed by atoms with van der Waals surface area (Å²) in [4.78, 5) is 25.4. The summed E-state index contributed by atoms with van der Waals surface area (Å²) in [5.41, 5.74) is -1.07. The van der Waals surface area contributed by atoms with E-state index < -0.39 is 29.5 Å². The molecule has 0 N–H and O–H groups in total. The molecule has 0 fully saturated rings. The largest absolute Gasteiger partial charge is 0.465 e. The molecule has 30 heavy (non-hydrogen) atoms. The lowest BCUT2D eigenvalue weighted by molar-refractivity contribution is -0.142. The Morgan fingerprint density at radius 3 is 2.47 bits per heavy atom. The molecule has 0 atom stereocenters. The molecular weight excluding hydrogens is 403 g/mol. The molecule has 162 valence electrons. The van der Waals surface area contributed by atoms with Crippen LogP contribution in [0.3, 0.4) is 0 Å². The van der Waals surface area contributed by atoms with Crippen molar-refractivity contribution >= 4 is 12.1 Å². The molecule has 0 saturated heterocycles. The highest BCUT2D eigenvalue weighted by atomic mass is 19.4. The minimum absolute atomic E-state index is 0.0805. The van der Waals surface area contributed by atoms with Crippen LogP contribution >= 0.6 is 0 Å². The molecule has 0 unspecified atom stereocenters. The van der Waals surface area contributed by atoms with Crippen LogP contribution in [-0.4, -0.2) is 46.0 Å². The third-order valence-electron chi connectivity index (χ3n) is 4.49. The lowest BCUT2D eigenvalue weighted by Gasteiger charge is -2.30. The van der Waals surface area contributed by atoms with E-state index in [0.29, 0.717) is 11.4 Å². The van der Waals surface area contributed by atoms with Crippen molar-refractivity contribution < 1.29 is 32.2 Å². The van der Waals surface area contributed by atoms with Crippen LogP contribution in [0.15, 0.2) is 24.3 Å². The number of benzene rings is 1. The normalized spacial score (nSPS) is 14.3. The third kappa shape index (κ3) is 4.42. The highest BCUT2D eigenvalue weighted by Gasteiger charge is 2.42. The molecule has 1 aromatic carbocycles. The van der Waals surface area contributed by atoms with Gasteiger partial charge in [-0.3, -0.25) is 0 Å². The number of ether oxygens (including phenoxy) is 2. The monoisotopic (exact) mass is 425 g/mol. The van der Waals surface area contributed by atoms with Gasteiger partial charge in [0.25, 0.3) is 0 Å². The minimum Gasteiger partial charge on any atom is -0.465 e. The molecule has 1 aliphatic rings. The Hall–Kier alpha value is -3.04. The Kier molecular flexibility index (Phi) is 5.53. The quantitative estimate of drug-likeness (QED) is 0.681. The molecule has 1 amide bonds. The van der Waals surface area contributed by atoms with Gasteiger partial charge in [-0.2, -0.15) is 18.3 Å². The minimum atomic E-state index is -4.70. The number of methoxy groups -OCH3 is 1. The standard InChI is InChI=1S/C20H22F3N3O4/c1-19(2,3)30-18(28)25-9-8-15-14(11-25)16(20(21,22)23)24-26(15)13-7-5-6-12(10-13)17(27)29-4/h5-7,10H,8-9,11H2,1-4H3. The number of hydrogen-bond acceptors (Lipinski definition) is 5. The smallest absolute Gasteiger partial charge is 0.435 e. The molecule has 7 nitrogen and oxygen atoms in total. The van der Waals surface area contributed by atoms with Crippen molar-refractivity contribution in [2.75, 3.05) is 13.7 Å². The number of esters is 1. The van der Waals surface area contributed by atoms with Crippen molar-refractivity contribution in [1.82, 2.24) is 14.7 Å². The highest BCUT2D eigenvalue weighted by molar-refractivity contribution is 5.89. The second-order valence-electron chi connectivity index (χ2n) is 7.88. The Morgan fingerprint density at radius 1 is 1.17 bits per heavy atom. The maximum atomic E-state index is 13.7. The van der Waals surface area contributed by atoms with Gasteiger partial charge in [-0.1, -0.05) is 6.07 Å². The van der Waals surface area contributed by atoms with Crippen molar-refractivity contribution in [3.05, 3.63) is 46.8 Å². The van der Waals surface area contributed by atoms with Gasteiger partial charge in [-0.25, -0.2) is 14.3 Å². The van der Waals surface area contributed by atoms with E-state index in [2.05, 4.69) is 9.84 Å². The predicted molar refractivity (Wildman–Crippen MR) is 100 cm³/mol. The zero-order chi connectivity index (χ0) is 22.3. The molecular formula is C20H22F3N3O4. The van der Waals surface area contributed by atoms with Crippen LogP contribution in [0.2, 0.25) is 0 Å². The van der Waals surface area contributed by atoms with Gasteiger partial charge in [-0.05, 0) is 39.0 Å². The van der Waals surface area contributed by atoms with Crippen molar-refractivity contribution in [2.24, 2.45) is 0 Å². The summed E-state index contributed by atoms with van der Waals surface area (Å²) in [6, 6.07) is 6.01. The molecule has 0 aliphatic carbocycles. The molecule has 2 aromatic rings. The van der Waals surface area contributed by atoms with Crippen LogP contribution < -0.4 is 0 Å². The van der Waals surface area contributed by atoms with E-state index in [0.717, 1.165) is 0 Å². The number of nitrogens with zero attached hydrogens (tertiary/aromatic N) is 3. The van der Waals surface area contributed by atoms with E-state index >= 15 is 0 Å². The van der Waals surface area contributed by atoms with Crippen molar-refractivity contribution in [2.45, 2.75) is 45.5 Å². The number of alkyl halides is 3. The number of carbonyl (C=O) groups is 2. The van der Waals surface area contributed by atoms with Crippen LogP contribution in [0.5, 0.6) is 0 Å². The molecule has 10 heteroatoms. The summed E-state index contributed by atoms with van der Waals surface area (Å²) in [6.07, 6.45) is -5.23. The number of amides is 1. The van der Waals surface area contributed by atoms with Gasteiger partial charge in [0.05, 0.1) is 30.6 Å². The summed E-state index contributed by atoms with van der Waals surface area (Å²) >= 11 is 0. The first-order valence-corrected chi connectivity index (χ1v) is 9.25. The molecule has 3 rings (SSSR count). The van der Waals surface area contributed by atoms with E-state index in [1.54, 1.807) is 32.9 Å². The number of carbonyl (C=O) groups excluding carboxylic acids is 2. The fourth-order valence-corrected chi connectivity index (χ4v) is 3.23. The Bertz CT molecular complexity index is 977. The number of rotatable bonds is 2. The van der Waals surface area contributed by atoms with Gasteiger partial charge in [0, 0.05) is 18.5 Å². The van der Waals surface area contributed by atoms with Crippen LogP contribution in [-0.2, 0) is 28.6 Å². The van der Waals surface area contributed by atoms with Crippen LogP contribution in [0.1, 0.15) is 48.1 Å². The Morgan fingerprint density at radius 2 is 1.87 bits per heavy atom. The fourth-order valence-electron chi connectivity index (χ4n) is 3.23. The summed E-state index contributed by atoms with van der Waals surface area (Å²) in [7, 11) is 1.22. The van der Waals surface area contributed by atoms with Crippen molar-refractivity contribution in [1.29, 1.82) is 0 Å². The zero-order valence-corrected chi connectivity index (χ0v) is 17.0. The van der Waals surface area contributed by atoms with Crippen LogP contribution in [0.25, 0.3) is 5.69 Å². The lowest BCUT2D eigenvalue weighted by Crippen LogP contribution is -2.40. The number of hydrogen-bond donors (Lipinski definition) is 0. The average Bonchev–Trinajstić information content (AvgIpc) is 3.05. The van der Waals surface area contributed by atoms with Gasteiger partial charge in [0.2, 0.25) is 0 Å². The highest BCUT2D eigenvalue weighted by Crippen LogP contribution is 2.36. The summed E-state index contributed by atoms with van der Waals surface area (Å²) in [5, 5.41) is 3.79. The van der Waals surface area contributed by atoms with E-state index in [1.807, 2.05) is 0 Å². The van der Waals surface area contributed by atoms with Crippen LogP contribution in [0, 0.1) is 0 Å². The molecule has 2 heterocycles. The summed E-state index contributed by atoms with van der Waals surface area (Å²) in [5.74, 6) is -0.606. The molecule has 0 radical (unpaired) electrons. The Balaban J connectivity index is 2.03. The predicted octanol–water partition coefficient (Wildman–Crippen LogP) is 3.97. The second kappa shape index (κ2) is 7.66. The van der Waals surface area contributed by atoms with Crippen molar-refractivity contribution in [3.63, 3.8) is 0 Å². The number of fused-ring (bicyclic) bond motifs is 1. The zero-order valence-electron chi connectivity index (χ0n) is 17.0. The third-order valence-corrected chi connectivity index (χ3v) is 4.49. The van der Waals surface area contributed by atoms with E-state index in [4.69, 9.17) is 4.74 Å². The molecule has 0 spiro atoms. The van der Waals surface area contributed by atoms with Crippen molar-refractivity contribution in [3.8, 4) is 5.69 Å². The first kappa shape index (κ1) is 21.7. The fraction of sp³-hybridized carbons (Fsp3) is 0.450. The first-order chi connectivity index (χ1) is 13.9.